The zero-order chi connectivity index (χ0) is 15.0. The molecule has 1 aromatic rings. The van der Waals surface area contributed by atoms with Gasteiger partial charge in [0.1, 0.15) is 5.54 Å². The van der Waals surface area contributed by atoms with Crippen LogP contribution < -0.4 is 0 Å². The van der Waals surface area contributed by atoms with Crippen molar-refractivity contribution in [3.8, 4) is 0 Å². The number of fused-ring (bicyclic) bond motifs is 1. The van der Waals surface area contributed by atoms with Crippen LogP contribution in [0.2, 0.25) is 0 Å². The Hall–Kier alpha value is -2.04. The minimum absolute atomic E-state index is 0.146. The van der Waals surface area contributed by atoms with Gasteiger partial charge in [0.25, 0.3) is 0 Å². The van der Waals surface area contributed by atoms with E-state index in [0.29, 0.717) is 26.1 Å². The van der Waals surface area contributed by atoms with E-state index in [2.05, 4.69) is 6.07 Å². The Morgan fingerprint density at radius 1 is 1.19 bits per heavy atom. The average molecular weight is 288 g/mol. The first kappa shape index (κ1) is 13.9. The van der Waals surface area contributed by atoms with E-state index < -0.39 is 11.5 Å². The lowest BCUT2D eigenvalue weighted by atomic mass is 9.98. The molecular formula is C16H20N2O3. The van der Waals surface area contributed by atoms with Crippen LogP contribution in [0.4, 0.5) is 4.79 Å². The molecule has 112 valence electrons. The lowest BCUT2D eigenvalue weighted by molar-refractivity contribution is -0.147. The normalized spacial score (nSPS) is 24.8. The van der Waals surface area contributed by atoms with Crippen LogP contribution in [0.15, 0.2) is 24.3 Å². The van der Waals surface area contributed by atoms with Crippen LogP contribution in [-0.4, -0.2) is 45.5 Å². The summed E-state index contributed by atoms with van der Waals surface area (Å²) in [6.45, 7) is 3.40. The molecule has 0 bridgehead atoms. The Bertz CT molecular complexity index is 587. The monoisotopic (exact) mass is 288 g/mol. The molecule has 0 aromatic heterocycles. The summed E-state index contributed by atoms with van der Waals surface area (Å²) in [7, 11) is 0. The number of hydrogen-bond acceptors (Lipinski definition) is 2. The fraction of sp³-hybridized carbons (Fsp3) is 0.500. The summed E-state index contributed by atoms with van der Waals surface area (Å²) in [6.07, 6.45) is 2.11. The van der Waals surface area contributed by atoms with Gasteiger partial charge in [-0.15, -0.1) is 0 Å². The van der Waals surface area contributed by atoms with E-state index in [1.165, 1.54) is 10.5 Å². The highest BCUT2D eigenvalue weighted by atomic mass is 16.4. The van der Waals surface area contributed by atoms with Gasteiger partial charge in [0.2, 0.25) is 0 Å². The first-order chi connectivity index (χ1) is 10.0. The fourth-order valence-corrected chi connectivity index (χ4v) is 3.32. The van der Waals surface area contributed by atoms with Gasteiger partial charge in [-0.3, -0.25) is 0 Å². The minimum Gasteiger partial charge on any atom is -0.480 e. The Kier molecular flexibility index (Phi) is 3.35. The molecule has 1 unspecified atom stereocenters. The zero-order valence-corrected chi connectivity index (χ0v) is 12.2. The second kappa shape index (κ2) is 5.06. The van der Waals surface area contributed by atoms with Crippen LogP contribution in [0.25, 0.3) is 0 Å². The van der Waals surface area contributed by atoms with E-state index in [1.54, 1.807) is 11.8 Å². The second-order valence-electron chi connectivity index (χ2n) is 6.06. The van der Waals surface area contributed by atoms with E-state index in [1.807, 2.05) is 18.2 Å². The summed E-state index contributed by atoms with van der Waals surface area (Å²) in [6, 6.07) is 7.97. The van der Waals surface area contributed by atoms with Crippen molar-refractivity contribution in [3.05, 3.63) is 35.4 Å². The van der Waals surface area contributed by atoms with E-state index >= 15 is 0 Å². The maximum Gasteiger partial charge on any atom is 0.329 e. The highest BCUT2D eigenvalue weighted by Gasteiger charge is 2.47. The molecule has 0 saturated carbocycles. The fourth-order valence-electron chi connectivity index (χ4n) is 3.32. The summed E-state index contributed by atoms with van der Waals surface area (Å²) < 4.78 is 0. The number of carbonyl (C=O) groups is 2. The third-order valence-corrected chi connectivity index (χ3v) is 4.73. The smallest absolute Gasteiger partial charge is 0.329 e. The van der Waals surface area contributed by atoms with E-state index in [9.17, 15) is 14.7 Å². The van der Waals surface area contributed by atoms with Crippen LogP contribution in [0.5, 0.6) is 0 Å². The predicted molar refractivity (Wildman–Crippen MR) is 77.9 cm³/mol. The molecule has 2 aliphatic heterocycles. The van der Waals surface area contributed by atoms with E-state index in [0.717, 1.165) is 18.4 Å². The number of nitrogens with zero attached hydrogens (tertiary/aromatic N) is 2. The molecule has 2 heterocycles. The van der Waals surface area contributed by atoms with Crippen LogP contribution in [-0.2, 0) is 17.8 Å². The quantitative estimate of drug-likeness (QED) is 0.861. The molecule has 0 spiro atoms. The second-order valence-corrected chi connectivity index (χ2v) is 6.06. The van der Waals surface area contributed by atoms with Gasteiger partial charge in [-0.25, -0.2) is 9.59 Å². The first-order valence-electron chi connectivity index (χ1n) is 7.39. The molecule has 1 atom stereocenters. The summed E-state index contributed by atoms with van der Waals surface area (Å²) in [4.78, 5) is 27.5. The number of amides is 2. The standard InChI is InChI=1S/C16H20N2O3/c1-16(14(19)20)8-4-9-18(16)15(21)17-10-7-12-5-2-3-6-13(12)11-17/h2-3,5-6H,4,7-11H2,1H3,(H,19,20). The lowest BCUT2D eigenvalue weighted by Crippen LogP contribution is -2.55. The van der Waals surface area contributed by atoms with E-state index in [4.69, 9.17) is 0 Å². The van der Waals surface area contributed by atoms with Gasteiger partial charge in [0, 0.05) is 19.6 Å². The van der Waals surface area contributed by atoms with Crippen LogP contribution in [0.1, 0.15) is 30.9 Å². The van der Waals surface area contributed by atoms with Gasteiger partial charge in [-0.1, -0.05) is 24.3 Å². The van der Waals surface area contributed by atoms with Crippen molar-refractivity contribution in [2.45, 2.75) is 38.3 Å². The Labute approximate surface area is 124 Å². The number of likely N-dealkylation sites (tertiary alicyclic amines) is 1. The van der Waals surface area contributed by atoms with Gasteiger partial charge in [-0.05, 0) is 37.3 Å². The van der Waals surface area contributed by atoms with Crippen LogP contribution in [0.3, 0.4) is 0 Å². The largest absolute Gasteiger partial charge is 0.480 e. The van der Waals surface area contributed by atoms with E-state index in [-0.39, 0.29) is 6.03 Å². The number of aliphatic carboxylic acids is 1. The van der Waals surface area contributed by atoms with Gasteiger partial charge in [-0.2, -0.15) is 0 Å². The number of hydrogen-bond donors (Lipinski definition) is 1. The number of rotatable bonds is 1. The van der Waals surface area contributed by atoms with Crippen molar-refractivity contribution in [2.24, 2.45) is 0 Å². The van der Waals surface area contributed by atoms with Crippen LogP contribution in [0, 0.1) is 0 Å². The third-order valence-electron chi connectivity index (χ3n) is 4.73. The molecule has 5 heteroatoms. The summed E-state index contributed by atoms with van der Waals surface area (Å²) in [5, 5.41) is 9.44. The maximum absolute atomic E-state index is 12.7. The number of carboxylic acid groups (broad SMARTS) is 1. The Balaban J connectivity index is 1.79. The van der Waals surface area contributed by atoms with Gasteiger partial charge in [0.15, 0.2) is 0 Å². The van der Waals surface area contributed by atoms with Crippen molar-refractivity contribution in [1.82, 2.24) is 9.80 Å². The molecule has 21 heavy (non-hydrogen) atoms. The van der Waals surface area contributed by atoms with Gasteiger partial charge < -0.3 is 14.9 Å². The zero-order valence-electron chi connectivity index (χ0n) is 12.2. The van der Waals surface area contributed by atoms with Crippen molar-refractivity contribution in [2.75, 3.05) is 13.1 Å². The highest BCUT2D eigenvalue weighted by molar-refractivity contribution is 5.86. The maximum atomic E-state index is 12.7. The molecule has 5 nitrogen and oxygen atoms in total. The molecule has 2 amide bonds. The predicted octanol–water partition coefficient (Wildman–Crippen LogP) is 2.10. The molecule has 0 radical (unpaired) electrons. The van der Waals surface area contributed by atoms with Crippen molar-refractivity contribution in [3.63, 3.8) is 0 Å². The molecular weight excluding hydrogens is 268 g/mol. The number of benzene rings is 1. The van der Waals surface area contributed by atoms with Gasteiger partial charge in [0.05, 0.1) is 0 Å². The molecule has 1 fully saturated rings. The highest BCUT2D eigenvalue weighted by Crippen LogP contribution is 2.31. The summed E-state index contributed by atoms with van der Waals surface area (Å²) >= 11 is 0. The number of carboxylic acids is 1. The summed E-state index contributed by atoms with van der Waals surface area (Å²) in [5.74, 6) is -0.911. The minimum atomic E-state index is -1.06. The SMILES string of the molecule is CC1(C(=O)O)CCCN1C(=O)N1CCc2ccccc2C1. The molecule has 1 aromatic carbocycles. The molecule has 0 aliphatic carbocycles. The Morgan fingerprint density at radius 2 is 1.90 bits per heavy atom. The van der Waals surface area contributed by atoms with Gasteiger partial charge >= 0.3 is 12.0 Å². The first-order valence-corrected chi connectivity index (χ1v) is 7.39. The molecule has 1 saturated heterocycles. The number of urea groups is 1. The molecule has 2 aliphatic rings. The third kappa shape index (κ3) is 2.26. The molecule has 1 N–H and O–H groups in total. The van der Waals surface area contributed by atoms with Crippen molar-refractivity contribution < 1.29 is 14.7 Å². The number of carbonyl (C=O) groups excluding carboxylic acids is 1. The lowest BCUT2D eigenvalue weighted by Gasteiger charge is -2.37. The average Bonchev–Trinajstić information content (AvgIpc) is 2.89. The molecule has 3 rings (SSSR count). The Morgan fingerprint density at radius 3 is 2.62 bits per heavy atom. The topological polar surface area (TPSA) is 60.9 Å². The van der Waals surface area contributed by atoms with Crippen molar-refractivity contribution >= 4 is 12.0 Å². The summed E-state index contributed by atoms with van der Waals surface area (Å²) in [5.41, 5.74) is 1.38. The van der Waals surface area contributed by atoms with Crippen molar-refractivity contribution in [1.29, 1.82) is 0 Å². The van der Waals surface area contributed by atoms with Crippen LogP contribution >= 0.6 is 0 Å².